The number of nitrogens with two attached hydrogens (primary N) is 1. The van der Waals surface area contributed by atoms with Crippen molar-refractivity contribution in [2.75, 3.05) is 0 Å². The molecule has 0 radical (unpaired) electrons. The van der Waals surface area contributed by atoms with Crippen LogP contribution in [-0.4, -0.2) is 6.30 Å². The van der Waals surface area contributed by atoms with Crippen LogP contribution >= 0.6 is 0 Å². The predicted octanol–water partition coefficient (Wildman–Crippen LogP) is 2.21. The standard InChI is InChI=1S/C7H16FN/c1-2-3-4-5-6-7(8)9/h7H,2-6,9H2,1H3. The fourth-order valence-electron chi connectivity index (χ4n) is 0.766. The van der Waals surface area contributed by atoms with Gasteiger partial charge in [-0.05, 0) is 12.8 Å². The summed E-state index contributed by atoms with van der Waals surface area (Å²) in [5, 5.41) is 0. The zero-order valence-electron chi connectivity index (χ0n) is 6.07. The first-order valence-electron chi connectivity index (χ1n) is 3.67. The van der Waals surface area contributed by atoms with Crippen LogP contribution in [-0.2, 0) is 0 Å². The van der Waals surface area contributed by atoms with E-state index in [2.05, 4.69) is 6.92 Å². The highest BCUT2D eigenvalue weighted by atomic mass is 19.1. The highest BCUT2D eigenvalue weighted by Gasteiger charge is 1.95. The van der Waals surface area contributed by atoms with Crippen molar-refractivity contribution in [3.05, 3.63) is 0 Å². The number of unbranched alkanes of at least 4 members (excludes halogenated alkanes) is 3. The van der Waals surface area contributed by atoms with Gasteiger partial charge in [0.15, 0.2) is 0 Å². The Morgan fingerprint density at radius 3 is 2.44 bits per heavy atom. The summed E-state index contributed by atoms with van der Waals surface area (Å²) in [7, 11) is 0. The lowest BCUT2D eigenvalue weighted by atomic mass is 10.1. The van der Waals surface area contributed by atoms with E-state index in [1.165, 1.54) is 12.8 Å². The first-order chi connectivity index (χ1) is 4.27. The number of alkyl halides is 1. The van der Waals surface area contributed by atoms with Crippen molar-refractivity contribution in [2.45, 2.75) is 45.3 Å². The maximum Gasteiger partial charge on any atom is 0.148 e. The molecule has 0 aliphatic rings. The Balaban J connectivity index is 2.75. The maximum absolute atomic E-state index is 11.9. The zero-order chi connectivity index (χ0) is 7.11. The number of hydrogen-bond donors (Lipinski definition) is 1. The van der Waals surface area contributed by atoms with E-state index in [4.69, 9.17) is 5.73 Å². The molecule has 0 aromatic heterocycles. The van der Waals surface area contributed by atoms with Crippen LogP contribution in [0, 0.1) is 0 Å². The van der Waals surface area contributed by atoms with Crippen LogP contribution in [0.3, 0.4) is 0 Å². The molecule has 0 amide bonds. The summed E-state index contributed by atoms with van der Waals surface area (Å²) in [6.45, 7) is 2.13. The average Bonchev–Trinajstić information content (AvgIpc) is 1.80. The van der Waals surface area contributed by atoms with E-state index >= 15 is 0 Å². The fraction of sp³-hybridized carbons (Fsp3) is 1.00. The third-order valence-electron chi connectivity index (χ3n) is 1.33. The van der Waals surface area contributed by atoms with Crippen LogP contribution in [0.25, 0.3) is 0 Å². The first kappa shape index (κ1) is 8.89. The molecule has 0 aromatic rings. The quantitative estimate of drug-likeness (QED) is 0.451. The van der Waals surface area contributed by atoms with Gasteiger partial charge in [0, 0.05) is 0 Å². The van der Waals surface area contributed by atoms with Crippen LogP contribution in [0.1, 0.15) is 39.0 Å². The van der Waals surface area contributed by atoms with Gasteiger partial charge in [-0.15, -0.1) is 0 Å². The molecule has 1 unspecified atom stereocenters. The van der Waals surface area contributed by atoms with E-state index in [9.17, 15) is 4.39 Å². The lowest BCUT2D eigenvalue weighted by Gasteiger charge is -1.99. The van der Waals surface area contributed by atoms with Gasteiger partial charge in [0.25, 0.3) is 0 Å². The molecule has 2 N–H and O–H groups in total. The molecule has 0 aliphatic heterocycles. The SMILES string of the molecule is CCCCCCC(N)F. The Bertz CT molecular complexity index is 54.9. The van der Waals surface area contributed by atoms with Gasteiger partial charge in [-0.1, -0.05) is 26.2 Å². The van der Waals surface area contributed by atoms with Crippen molar-refractivity contribution >= 4 is 0 Å². The molecule has 1 atom stereocenters. The summed E-state index contributed by atoms with van der Waals surface area (Å²) in [6, 6.07) is 0. The summed E-state index contributed by atoms with van der Waals surface area (Å²) in [4.78, 5) is 0. The van der Waals surface area contributed by atoms with E-state index < -0.39 is 6.30 Å². The molecule has 0 aromatic carbocycles. The van der Waals surface area contributed by atoms with Gasteiger partial charge in [0.05, 0.1) is 0 Å². The summed E-state index contributed by atoms with van der Waals surface area (Å²) in [6.07, 6.45) is 3.88. The lowest BCUT2D eigenvalue weighted by molar-refractivity contribution is 0.314. The Morgan fingerprint density at radius 2 is 2.00 bits per heavy atom. The highest BCUT2D eigenvalue weighted by molar-refractivity contribution is 4.46. The number of rotatable bonds is 5. The minimum atomic E-state index is -1.10. The summed E-state index contributed by atoms with van der Waals surface area (Å²) in [5.41, 5.74) is 4.91. The molecule has 0 rings (SSSR count). The molecule has 2 heteroatoms. The highest BCUT2D eigenvalue weighted by Crippen LogP contribution is 2.04. The second-order valence-corrected chi connectivity index (χ2v) is 2.37. The summed E-state index contributed by atoms with van der Waals surface area (Å²) >= 11 is 0. The number of halogens is 1. The second-order valence-electron chi connectivity index (χ2n) is 2.37. The van der Waals surface area contributed by atoms with Gasteiger partial charge in [-0.25, -0.2) is 4.39 Å². The topological polar surface area (TPSA) is 26.0 Å². The molecule has 0 aliphatic carbocycles. The Labute approximate surface area is 56.4 Å². The lowest BCUT2D eigenvalue weighted by Crippen LogP contribution is -2.11. The maximum atomic E-state index is 11.9. The van der Waals surface area contributed by atoms with Gasteiger partial charge in [0.2, 0.25) is 0 Å². The van der Waals surface area contributed by atoms with Crippen LogP contribution < -0.4 is 5.73 Å². The van der Waals surface area contributed by atoms with E-state index in [-0.39, 0.29) is 0 Å². The molecule has 0 bridgehead atoms. The van der Waals surface area contributed by atoms with Crippen molar-refractivity contribution in [3.63, 3.8) is 0 Å². The Morgan fingerprint density at radius 1 is 1.33 bits per heavy atom. The van der Waals surface area contributed by atoms with Crippen molar-refractivity contribution in [1.82, 2.24) is 0 Å². The molecular formula is C7H16FN. The van der Waals surface area contributed by atoms with Crippen LogP contribution in [0.2, 0.25) is 0 Å². The third-order valence-corrected chi connectivity index (χ3v) is 1.33. The minimum absolute atomic E-state index is 0.528. The van der Waals surface area contributed by atoms with Crippen molar-refractivity contribution in [1.29, 1.82) is 0 Å². The molecule has 0 spiro atoms. The Kier molecular flexibility index (Phi) is 5.94. The van der Waals surface area contributed by atoms with E-state index in [1.807, 2.05) is 0 Å². The normalized spacial score (nSPS) is 13.7. The van der Waals surface area contributed by atoms with Crippen molar-refractivity contribution in [3.8, 4) is 0 Å². The van der Waals surface area contributed by atoms with Crippen LogP contribution in [0.15, 0.2) is 0 Å². The van der Waals surface area contributed by atoms with Crippen molar-refractivity contribution in [2.24, 2.45) is 5.73 Å². The fourth-order valence-corrected chi connectivity index (χ4v) is 0.766. The molecule has 9 heavy (non-hydrogen) atoms. The number of hydrogen-bond acceptors (Lipinski definition) is 1. The van der Waals surface area contributed by atoms with E-state index in [0.29, 0.717) is 6.42 Å². The van der Waals surface area contributed by atoms with Gasteiger partial charge >= 0.3 is 0 Å². The van der Waals surface area contributed by atoms with Gasteiger partial charge in [0.1, 0.15) is 6.30 Å². The zero-order valence-corrected chi connectivity index (χ0v) is 6.07. The van der Waals surface area contributed by atoms with E-state index in [1.54, 1.807) is 0 Å². The summed E-state index contributed by atoms with van der Waals surface area (Å²) in [5.74, 6) is 0. The van der Waals surface area contributed by atoms with E-state index in [0.717, 1.165) is 12.8 Å². The van der Waals surface area contributed by atoms with Crippen LogP contribution in [0.5, 0.6) is 0 Å². The van der Waals surface area contributed by atoms with Gasteiger partial charge < -0.3 is 5.73 Å². The molecule has 0 heterocycles. The molecule has 56 valence electrons. The average molecular weight is 133 g/mol. The Hall–Kier alpha value is -0.110. The van der Waals surface area contributed by atoms with Crippen molar-refractivity contribution < 1.29 is 4.39 Å². The van der Waals surface area contributed by atoms with Gasteiger partial charge in [-0.3, -0.25) is 0 Å². The largest absolute Gasteiger partial charge is 0.302 e. The van der Waals surface area contributed by atoms with Gasteiger partial charge in [-0.2, -0.15) is 0 Å². The molecule has 1 nitrogen and oxygen atoms in total. The molecule has 0 saturated heterocycles. The summed E-state index contributed by atoms with van der Waals surface area (Å²) < 4.78 is 11.9. The minimum Gasteiger partial charge on any atom is -0.302 e. The molecular weight excluding hydrogens is 117 g/mol. The molecule has 0 saturated carbocycles. The van der Waals surface area contributed by atoms with Crippen LogP contribution in [0.4, 0.5) is 4.39 Å². The molecule has 0 fully saturated rings. The smallest absolute Gasteiger partial charge is 0.148 e. The third kappa shape index (κ3) is 7.89. The monoisotopic (exact) mass is 133 g/mol. The predicted molar refractivity (Wildman–Crippen MR) is 37.8 cm³/mol. The first-order valence-corrected chi connectivity index (χ1v) is 3.67. The second kappa shape index (κ2) is 6.02.